The molecule has 1 aliphatic heterocycles. The van der Waals surface area contributed by atoms with Gasteiger partial charge in [0.25, 0.3) is 5.91 Å². The zero-order chi connectivity index (χ0) is 19.3. The minimum Gasteiger partial charge on any atom is -0.550 e. The van der Waals surface area contributed by atoms with E-state index in [2.05, 4.69) is 0 Å². The van der Waals surface area contributed by atoms with Crippen LogP contribution >= 0.6 is 24.0 Å². The van der Waals surface area contributed by atoms with Crippen molar-refractivity contribution in [3.8, 4) is 17.2 Å². The molecule has 0 atom stereocenters. The summed E-state index contributed by atoms with van der Waals surface area (Å²) in [6.45, 7) is 0.241. The van der Waals surface area contributed by atoms with E-state index in [9.17, 15) is 14.7 Å². The highest BCUT2D eigenvalue weighted by molar-refractivity contribution is 8.26. The molecule has 1 aromatic rings. The second kappa shape index (κ2) is 8.91. The molecule has 1 fully saturated rings. The van der Waals surface area contributed by atoms with E-state index < -0.39 is 5.97 Å². The molecule has 0 unspecified atom stereocenters. The van der Waals surface area contributed by atoms with E-state index >= 15 is 0 Å². The third-order valence-corrected chi connectivity index (χ3v) is 5.00. The summed E-state index contributed by atoms with van der Waals surface area (Å²) in [6, 6.07) is 3.45. The van der Waals surface area contributed by atoms with Gasteiger partial charge in [-0.15, -0.1) is 0 Å². The van der Waals surface area contributed by atoms with E-state index in [1.807, 2.05) is 0 Å². The van der Waals surface area contributed by atoms with E-state index in [0.29, 0.717) is 32.0 Å². The van der Waals surface area contributed by atoms with Gasteiger partial charge in [-0.25, -0.2) is 0 Å². The van der Waals surface area contributed by atoms with Gasteiger partial charge in [-0.2, -0.15) is 0 Å². The van der Waals surface area contributed by atoms with Gasteiger partial charge < -0.3 is 24.1 Å². The van der Waals surface area contributed by atoms with Crippen molar-refractivity contribution >= 4 is 46.3 Å². The topological polar surface area (TPSA) is 88.1 Å². The van der Waals surface area contributed by atoms with Gasteiger partial charge in [0, 0.05) is 12.5 Å². The average molecular weight is 396 g/mol. The first kappa shape index (κ1) is 20.1. The smallest absolute Gasteiger partial charge is 0.266 e. The lowest BCUT2D eigenvalue weighted by Crippen LogP contribution is -2.30. The van der Waals surface area contributed by atoms with E-state index in [1.54, 1.807) is 18.2 Å². The van der Waals surface area contributed by atoms with Gasteiger partial charge in [0.05, 0.1) is 26.2 Å². The fraction of sp³-hybridized carbons (Fsp3) is 0.353. The molecule has 0 radical (unpaired) electrons. The number of nitrogens with zero attached hydrogens (tertiary/aromatic N) is 1. The number of ether oxygens (including phenoxy) is 3. The van der Waals surface area contributed by atoms with Crippen LogP contribution in [0.25, 0.3) is 6.08 Å². The van der Waals surface area contributed by atoms with Gasteiger partial charge in [0.1, 0.15) is 4.32 Å². The summed E-state index contributed by atoms with van der Waals surface area (Å²) in [7, 11) is 4.54. The van der Waals surface area contributed by atoms with E-state index in [1.165, 1.54) is 38.0 Å². The zero-order valence-electron chi connectivity index (χ0n) is 14.6. The Morgan fingerprint density at radius 2 is 1.85 bits per heavy atom. The number of thiocarbonyl (C=S) groups is 1. The Morgan fingerprint density at radius 1 is 1.23 bits per heavy atom. The van der Waals surface area contributed by atoms with Gasteiger partial charge >= 0.3 is 0 Å². The van der Waals surface area contributed by atoms with Gasteiger partial charge in [-0.1, -0.05) is 24.0 Å². The molecule has 1 saturated heterocycles. The summed E-state index contributed by atoms with van der Waals surface area (Å²) in [6.07, 6.45) is 1.84. The number of benzene rings is 1. The number of carboxylic acid groups (broad SMARTS) is 1. The lowest BCUT2D eigenvalue weighted by atomic mass is 10.1. The summed E-state index contributed by atoms with van der Waals surface area (Å²) in [4.78, 5) is 24.9. The Hall–Kier alpha value is -2.26. The second-order valence-electron chi connectivity index (χ2n) is 5.27. The molecule has 0 aliphatic carbocycles. The number of thioether (sulfide) groups is 1. The first-order valence-electron chi connectivity index (χ1n) is 7.66. The quantitative estimate of drug-likeness (QED) is 0.482. The molecule has 26 heavy (non-hydrogen) atoms. The lowest BCUT2D eigenvalue weighted by molar-refractivity contribution is -0.305. The van der Waals surface area contributed by atoms with Crippen molar-refractivity contribution in [2.75, 3.05) is 27.9 Å². The fourth-order valence-corrected chi connectivity index (χ4v) is 3.72. The second-order valence-corrected chi connectivity index (χ2v) is 6.94. The number of hydrogen-bond donors (Lipinski definition) is 0. The molecule has 1 amide bonds. The maximum absolute atomic E-state index is 12.5. The number of carbonyl (C=O) groups excluding carboxylic acids is 2. The van der Waals surface area contributed by atoms with Crippen LogP contribution in [0.4, 0.5) is 0 Å². The molecule has 1 aromatic carbocycles. The van der Waals surface area contributed by atoms with Crippen LogP contribution in [0.2, 0.25) is 0 Å². The van der Waals surface area contributed by atoms with Gasteiger partial charge in [-0.05, 0) is 36.6 Å². The lowest BCUT2D eigenvalue weighted by Gasteiger charge is -2.14. The van der Waals surface area contributed by atoms with Crippen LogP contribution in [0.5, 0.6) is 17.2 Å². The van der Waals surface area contributed by atoms with Crippen LogP contribution in [0.1, 0.15) is 18.4 Å². The third-order valence-electron chi connectivity index (χ3n) is 3.62. The summed E-state index contributed by atoms with van der Waals surface area (Å²) in [5.74, 6) is 0.00237. The number of hydrogen-bond acceptors (Lipinski definition) is 8. The van der Waals surface area contributed by atoms with E-state index in [4.69, 9.17) is 26.4 Å². The summed E-state index contributed by atoms with van der Waals surface area (Å²) in [5, 5.41) is 10.5. The number of aliphatic carboxylic acids is 1. The molecule has 7 nitrogen and oxygen atoms in total. The predicted octanol–water partition coefficient (Wildman–Crippen LogP) is 1.44. The molecule has 0 saturated carbocycles. The van der Waals surface area contributed by atoms with Crippen LogP contribution in [0.3, 0.4) is 0 Å². The third kappa shape index (κ3) is 4.47. The Bertz CT molecular complexity index is 737. The number of methoxy groups -OCH3 is 3. The van der Waals surface area contributed by atoms with Crippen molar-refractivity contribution in [1.82, 2.24) is 4.90 Å². The summed E-state index contributed by atoms with van der Waals surface area (Å²) >= 11 is 6.39. The molecule has 0 N–H and O–H groups in total. The van der Waals surface area contributed by atoms with Gasteiger partial charge in [0.2, 0.25) is 5.75 Å². The Balaban J connectivity index is 2.25. The van der Waals surface area contributed by atoms with Crippen LogP contribution in [0, 0.1) is 0 Å². The molecule has 0 aromatic heterocycles. The van der Waals surface area contributed by atoms with Crippen LogP contribution in [-0.4, -0.2) is 49.0 Å². The zero-order valence-corrected chi connectivity index (χ0v) is 16.2. The first-order valence-corrected chi connectivity index (χ1v) is 8.89. The molecule has 1 aliphatic rings. The maximum Gasteiger partial charge on any atom is 0.266 e. The molecule has 1 heterocycles. The van der Waals surface area contributed by atoms with Crippen LogP contribution < -0.4 is 19.3 Å². The normalized spacial score (nSPS) is 15.5. The first-order chi connectivity index (χ1) is 12.4. The van der Waals surface area contributed by atoms with E-state index in [0.717, 1.165) is 0 Å². The Labute approximate surface area is 160 Å². The highest BCUT2D eigenvalue weighted by atomic mass is 32.2. The minimum atomic E-state index is -1.15. The summed E-state index contributed by atoms with van der Waals surface area (Å²) in [5.41, 5.74) is 0.690. The molecule has 2 rings (SSSR count). The number of amides is 1. The van der Waals surface area contributed by atoms with Crippen molar-refractivity contribution in [3.05, 3.63) is 22.6 Å². The molecular weight excluding hydrogens is 378 g/mol. The Morgan fingerprint density at radius 3 is 2.35 bits per heavy atom. The molecule has 0 bridgehead atoms. The van der Waals surface area contributed by atoms with Crippen molar-refractivity contribution in [2.24, 2.45) is 0 Å². The fourth-order valence-electron chi connectivity index (χ4n) is 2.41. The summed E-state index contributed by atoms with van der Waals surface area (Å²) < 4.78 is 16.3. The monoisotopic (exact) mass is 396 g/mol. The van der Waals surface area contributed by atoms with Crippen molar-refractivity contribution in [2.45, 2.75) is 12.8 Å². The number of carboxylic acids is 1. The molecule has 9 heteroatoms. The Kier molecular flexibility index (Phi) is 6.87. The molecule has 0 spiro atoms. The van der Waals surface area contributed by atoms with Gasteiger partial charge in [0.15, 0.2) is 11.5 Å². The average Bonchev–Trinajstić information content (AvgIpc) is 2.87. The van der Waals surface area contributed by atoms with Crippen LogP contribution in [-0.2, 0) is 9.59 Å². The van der Waals surface area contributed by atoms with Crippen molar-refractivity contribution < 1.29 is 28.9 Å². The highest BCUT2D eigenvalue weighted by Gasteiger charge is 2.31. The number of rotatable bonds is 8. The minimum absolute atomic E-state index is 0.122. The standard InChI is InChI=1S/C17H19NO6S2/c1-22-11-7-10(8-12(23-2)15(11)24-3)9-13-16(21)18(17(25)26-13)6-4-5-14(19)20/h7-9H,4-6H2,1-3H3,(H,19,20)/p-1. The van der Waals surface area contributed by atoms with Crippen molar-refractivity contribution in [1.29, 1.82) is 0 Å². The van der Waals surface area contributed by atoms with Crippen molar-refractivity contribution in [3.63, 3.8) is 0 Å². The van der Waals surface area contributed by atoms with E-state index in [-0.39, 0.29) is 25.3 Å². The van der Waals surface area contributed by atoms with Crippen LogP contribution in [0.15, 0.2) is 17.0 Å². The number of carbonyl (C=O) groups is 2. The highest BCUT2D eigenvalue weighted by Crippen LogP contribution is 2.40. The maximum atomic E-state index is 12.5. The molecular formula is C17H18NO6S2-. The predicted molar refractivity (Wildman–Crippen MR) is 100 cm³/mol. The largest absolute Gasteiger partial charge is 0.550 e. The molecule has 140 valence electrons. The SMILES string of the molecule is COc1cc(C=C2SC(=S)N(CCCC(=O)[O-])C2=O)cc(OC)c1OC. The van der Waals surface area contributed by atoms with Gasteiger partial charge in [-0.3, -0.25) is 9.69 Å².